The summed E-state index contributed by atoms with van der Waals surface area (Å²) in [6, 6.07) is 3.06. The Hall–Kier alpha value is -3.68. The highest BCUT2D eigenvalue weighted by Crippen LogP contribution is 2.57. The van der Waals surface area contributed by atoms with Crippen LogP contribution >= 0.6 is 0 Å². The van der Waals surface area contributed by atoms with E-state index in [-0.39, 0.29) is 35.6 Å². The standard InChI is InChI=1S/C28H29NO7/c1-5-8-29-27(33)16-7-6-15-17(22(16)28(29)34)12-18-19(30)9-13(2)26(32)24(18)23(15)25-20(31)10-14(35-3)11-21(25)36-4/h6,9-11,16-17,22-23,31H,5,7-8,12H2,1-4H3. The van der Waals surface area contributed by atoms with E-state index in [9.17, 15) is 24.3 Å². The van der Waals surface area contributed by atoms with Crippen LogP contribution in [0.1, 0.15) is 44.6 Å². The smallest absolute Gasteiger partial charge is 0.233 e. The van der Waals surface area contributed by atoms with Crippen molar-refractivity contribution in [2.45, 2.75) is 39.0 Å². The Morgan fingerprint density at radius 1 is 1.06 bits per heavy atom. The SMILES string of the molecule is CCCN1C(=O)C2CC=C3C(c4c(O)cc(OC)cc4OC)C4=C(CC3C2C1=O)C(=O)C=C(C)C4=O. The van der Waals surface area contributed by atoms with E-state index in [1.807, 2.05) is 13.0 Å². The Labute approximate surface area is 209 Å². The Morgan fingerprint density at radius 2 is 1.81 bits per heavy atom. The van der Waals surface area contributed by atoms with Gasteiger partial charge in [-0.25, -0.2) is 0 Å². The van der Waals surface area contributed by atoms with Gasteiger partial charge in [-0.1, -0.05) is 18.6 Å². The Bertz CT molecular complexity index is 1300. The summed E-state index contributed by atoms with van der Waals surface area (Å²) in [6.45, 7) is 3.88. The highest BCUT2D eigenvalue weighted by molar-refractivity contribution is 6.24. The molecule has 4 aliphatic rings. The van der Waals surface area contributed by atoms with Crippen LogP contribution in [0, 0.1) is 17.8 Å². The van der Waals surface area contributed by atoms with E-state index < -0.39 is 23.7 Å². The van der Waals surface area contributed by atoms with Gasteiger partial charge in [-0.15, -0.1) is 0 Å². The van der Waals surface area contributed by atoms with Crippen molar-refractivity contribution >= 4 is 23.4 Å². The Balaban J connectivity index is 1.73. The number of fused-ring (bicyclic) bond motifs is 3. The number of aromatic hydroxyl groups is 1. The number of imide groups is 1. The first-order valence-corrected chi connectivity index (χ1v) is 12.2. The van der Waals surface area contributed by atoms with Gasteiger partial charge in [0.1, 0.15) is 17.2 Å². The molecule has 3 aliphatic carbocycles. The Kier molecular flexibility index (Phi) is 5.85. The predicted molar refractivity (Wildman–Crippen MR) is 130 cm³/mol. The number of phenols is 1. The topological polar surface area (TPSA) is 110 Å². The number of rotatable bonds is 5. The maximum absolute atomic E-state index is 13.5. The summed E-state index contributed by atoms with van der Waals surface area (Å²) < 4.78 is 10.9. The second kappa shape index (κ2) is 8.76. The molecule has 5 rings (SSSR count). The third-order valence-corrected chi connectivity index (χ3v) is 7.94. The van der Waals surface area contributed by atoms with E-state index in [1.54, 1.807) is 13.0 Å². The van der Waals surface area contributed by atoms with Crippen LogP contribution in [0.25, 0.3) is 0 Å². The minimum Gasteiger partial charge on any atom is -0.507 e. The van der Waals surface area contributed by atoms with Crippen LogP contribution in [-0.4, -0.2) is 54.2 Å². The van der Waals surface area contributed by atoms with Gasteiger partial charge in [0.05, 0.1) is 26.1 Å². The Morgan fingerprint density at radius 3 is 2.47 bits per heavy atom. The van der Waals surface area contributed by atoms with Gasteiger partial charge < -0.3 is 14.6 Å². The van der Waals surface area contributed by atoms with Crippen LogP contribution in [0.3, 0.4) is 0 Å². The van der Waals surface area contributed by atoms with E-state index in [1.165, 1.54) is 31.3 Å². The van der Waals surface area contributed by atoms with Crippen LogP contribution in [-0.2, 0) is 19.2 Å². The molecule has 8 nitrogen and oxygen atoms in total. The predicted octanol–water partition coefficient (Wildman–Crippen LogP) is 3.25. The normalized spacial score (nSPS) is 27.4. The molecule has 36 heavy (non-hydrogen) atoms. The molecule has 188 valence electrons. The number of ketones is 2. The van der Waals surface area contributed by atoms with E-state index in [2.05, 4.69) is 0 Å². The van der Waals surface area contributed by atoms with E-state index in [4.69, 9.17) is 9.47 Å². The summed E-state index contributed by atoms with van der Waals surface area (Å²) >= 11 is 0. The number of hydrogen-bond acceptors (Lipinski definition) is 7. The zero-order valence-corrected chi connectivity index (χ0v) is 20.8. The molecule has 0 radical (unpaired) electrons. The summed E-state index contributed by atoms with van der Waals surface area (Å²) in [5.74, 6) is -2.73. The van der Waals surface area contributed by atoms with Gasteiger partial charge in [0.2, 0.25) is 11.8 Å². The van der Waals surface area contributed by atoms with Gasteiger partial charge in [0.15, 0.2) is 11.6 Å². The lowest BCUT2D eigenvalue weighted by molar-refractivity contribution is -0.140. The largest absolute Gasteiger partial charge is 0.507 e. The van der Waals surface area contributed by atoms with Crippen LogP contribution < -0.4 is 9.47 Å². The molecule has 1 aromatic carbocycles. The van der Waals surface area contributed by atoms with Gasteiger partial charge in [0, 0.05) is 46.9 Å². The molecule has 8 heteroatoms. The number of phenolic OH excluding ortho intramolecular Hbond substituents is 1. The quantitative estimate of drug-likeness (QED) is 0.382. The lowest BCUT2D eigenvalue weighted by Gasteiger charge is -2.42. The number of amides is 2. The third-order valence-electron chi connectivity index (χ3n) is 7.94. The molecule has 1 fully saturated rings. The summed E-state index contributed by atoms with van der Waals surface area (Å²) in [6.07, 6.45) is 4.48. The molecule has 0 bridgehead atoms. The molecular formula is C28H29NO7. The molecule has 1 aliphatic heterocycles. The number of nitrogens with zero attached hydrogens (tertiary/aromatic N) is 1. The highest BCUT2D eigenvalue weighted by Gasteiger charge is 2.56. The van der Waals surface area contributed by atoms with Crippen molar-refractivity contribution < 1.29 is 33.8 Å². The molecule has 4 unspecified atom stereocenters. The first-order chi connectivity index (χ1) is 17.2. The molecule has 1 N–H and O–H groups in total. The number of hydrogen-bond donors (Lipinski definition) is 1. The molecule has 1 saturated heterocycles. The van der Waals surface area contributed by atoms with Crippen molar-refractivity contribution in [1.29, 1.82) is 0 Å². The van der Waals surface area contributed by atoms with Crippen LogP contribution in [0.4, 0.5) is 0 Å². The summed E-state index contributed by atoms with van der Waals surface area (Å²) in [7, 11) is 2.93. The zero-order chi connectivity index (χ0) is 25.9. The molecule has 0 aromatic heterocycles. The number of Topliss-reactive ketones (excluding diaryl/α,β-unsaturated/α-hetero) is 1. The number of methoxy groups -OCH3 is 2. The molecule has 4 atom stereocenters. The van der Waals surface area contributed by atoms with Gasteiger partial charge in [-0.2, -0.15) is 0 Å². The summed E-state index contributed by atoms with van der Waals surface area (Å²) in [4.78, 5) is 54.6. The van der Waals surface area contributed by atoms with Gasteiger partial charge in [-0.3, -0.25) is 24.1 Å². The number of likely N-dealkylation sites (tertiary alicyclic amines) is 1. The molecule has 1 heterocycles. The molecule has 2 amide bonds. The fourth-order valence-corrected chi connectivity index (χ4v) is 6.37. The first kappa shape index (κ1) is 24.0. The van der Waals surface area contributed by atoms with Crippen molar-refractivity contribution in [3.63, 3.8) is 0 Å². The zero-order valence-electron chi connectivity index (χ0n) is 20.8. The van der Waals surface area contributed by atoms with Crippen molar-refractivity contribution in [1.82, 2.24) is 4.90 Å². The third kappa shape index (κ3) is 3.34. The fourth-order valence-electron chi connectivity index (χ4n) is 6.37. The minimum absolute atomic E-state index is 0.138. The number of allylic oxidation sites excluding steroid dienone is 6. The van der Waals surface area contributed by atoms with Crippen molar-refractivity contribution in [3.8, 4) is 17.2 Å². The number of benzene rings is 1. The van der Waals surface area contributed by atoms with Crippen molar-refractivity contribution in [2.75, 3.05) is 20.8 Å². The van der Waals surface area contributed by atoms with Crippen LogP contribution in [0.15, 0.2) is 46.6 Å². The summed E-state index contributed by atoms with van der Waals surface area (Å²) in [5, 5.41) is 11.1. The van der Waals surface area contributed by atoms with Crippen LogP contribution in [0.2, 0.25) is 0 Å². The average molecular weight is 492 g/mol. The maximum Gasteiger partial charge on any atom is 0.233 e. The number of ether oxygens (including phenoxy) is 2. The monoisotopic (exact) mass is 491 g/mol. The number of carbonyl (C=O) groups is 4. The molecule has 0 spiro atoms. The first-order valence-electron chi connectivity index (χ1n) is 12.2. The maximum atomic E-state index is 13.5. The second-order valence-corrected chi connectivity index (χ2v) is 9.82. The molecular weight excluding hydrogens is 462 g/mol. The summed E-state index contributed by atoms with van der Waals surface area (Å²) in [5.41, 5.74) is 2.08. The van der Waals surface area contributed by atoms with Crippen molar-refractivity contribution in [3.05, 3.63) is 52.1 Å². The highest BCUT2D eigenvalue weighted by atomic mass is 16.5. The lowest BCUT2D eigenvalue weighted by atomic mass is 9.59. The van der Waals surface area contributed by atoms with Crippen LogP contribution in [0.5, 0.6) is 17.2 Å². The van der Waals surface area contributed by atoms with E-state index >= 15 is 0 Å². The van der Waals surface area contributed by atoms with Crippen molar-refractivity contribution in [2.24, 2.45) is 17.8 Å². The molecule has 0 saturated carbocycles. The van der Waals surface area contributed by atoms with E-state index in [0.29, 0.717) is 53.2 Å². The van der Waals surface area contributed by atoms with Gasteiger partial charge in [-0.05, 0) is 38.2 Å². The molecule has 1 aromatic rings. The lowest BCUT2D eigenvalue weighted by Crippen LogP contribution is -2.40. The second-order valence-electron chi connectivity index (χ2n) is 9.82. The minimum atomic E-state index is -0.788. The average Bonchev–Trinajstić information content (AvgIpc) is 3.11. The van der Waals surface area contributed by atoms with Gasteiger partial charge in [0.25, 0.3) is 0 Å². The van der Waals surface area contributed by atoms with E-state index in [0.717, 1.165) is 5.57 Å². The van der Waals surface area contributed by atoms with Gasteiger partial charge >= 0.3 is 0 Å². The number of carbonyl (C=O) groups excluding carboxylic acids is 4. The fraction of sp³-hybridized carbons (Fsp3) is 0.429.